The second kappa shape index (κ2) is 4.85. The Labute approximate surface area is 122 Å². The number of aryl methyl sites for hydroxylation is 1. The molecule has 0 amide bonds. The van der Waals surface area contributed by atoms with Crippen molar-refractivity contribution in [2.24, 2.45) is 5.92 Å². The van der Waals surface area contributed by atoms with Crippen LogP contribution in [-0.4, -0.2) is 38.8 Å². The Bertz CT molecular complexity index is 475. The smallest absolute Gasteiger partial charge is 0.0534 e. The van der Waals surface area contributed by atoms with E-state index in [1.165, 1.54) is 18.4 Å². The summed E-state index contributed by atoms with van der Waals surface area (Å²) in [5.74, 6) is 0.875. The van der Waals surface area contributed by atoms with Gasteiger partial charge in [-0.05, 0) is 46.5 Å². The van der Waals surface area contributed by atoms with Crippen LogP contribution in [0.25, 0.3) is 0 Å². The Morgan fingerprint density at radius 1 is 1.35 bits per heavy atom. The molecule has 4 heteroatoms. The van der Waals surface area contributed by atoms with Gasteiger partial charge in [-0.3, -0.25) is 9.58 Å². The minimum absolute atomic E-state index is 0.211. The van der Waals surface area contributed by atoms with Crippen LogP contribution in [0.2, 0.25) is 0 Å². The lowest BCUT2D eigenvalue weighted by Gasteiger charge is -2.51. The van der Waals surface area contributed by atoms with Crippen LogP contribution in [-0.2, 0) is 13.1 Å². The SMILES string of the molecule is CCn1cc(CN2CC(C)(C3CC3)NCC2(C)C)cn1. The highest BCUT2D eigenvalue weighted by Crippen LogP contribution is 2.42. The summed E-state index contributed by atoms with van der Waals surface area (Å²) in [7, 11) is 0. The number of hydrogen-bond acceptors (Lipinski definition) is 3. The number of nitrogens with one attached hydrogen (secondary N) is 1. The van der Waals surface area contributed by atoms with E-state index in [2.05, 4.69) is 49.2 Å². The van der Waals surface area contributed by atoms with Crippen molar-refractivity contribution >= 4 is 0 Å². The summed E-state index contributed by atoms with van der Waals surface area (Å²) < 4.78 is 2.02. The molecule has 20 heavy (non-hydrogen) atoms. The number of piperazine rings is 1. The summed E-state index contributed by atoms with van der Waals surface area (Å²) in [5, 5.41) is 8.22. The Balaban J connectivity index is 1.74. The summed E-state index contributed by atoms with van der Waals surface area (Å²) in [6.45, 7) is 13.4. The third-order valence-corrected chi connectivity index (χ3v) is 5.16. The highest BCUT2D eigenvalue weighted by molar-refractivity contribution is 5.10. The minimum Gasteiger partial charge on any atom is -0.308 e. The van der Waals surface area contributed by atoms with Gasteiger partial charge < -0.3 is 5.32 Å². The lowest BCUT2D eigenvalue weighted by Crippen LogP contribution is -2.67. The van der Waals surface area contributed by atoms with Crippen molar-refractivity contribution in [1.82, 2.24) is 20.0 Å². The van der Waals surface area contributed by atoms with E-state index in [1.807, 2.05) is 10.9 Å². The molecule has 1 aromatic heterocycles. The van der Waals surface area contributed by atoms with Gasteiger partial charge in [0.25, 0.3) is 0 Å². The molecule has 0 aromatic carbocycles. The van der Waals surface area contributed by atoms with Crippen LogP contribution >= 0.6 is 0 Å². The van der Waals surface area contributed by atoms with Crippen LogP contribution in [0, 0.1) is 5.92 Å². The van der Waals surface area contributed by atoms with Gasteiger partial charge in [0.15, 0.2) is 0 Å². The van der Waals surface area contributed by atoms with E-state index < -0.39 is 0 Å². The molecule has 2 heterocycles. The van der Waals surface area contributed by atoms with Gasteiger partial charge in [-0.2, -0.15) is 5.10 Å². The number of nitrogens with zero attached hydrogens (tertiary/aromatic N) is 3. The van der Waals surface area contributed by atoms with Crippen LogP contribution in [0.4, 0.5) is 0 Å². The first kappa shape index (κ1) is 14.1. The molecule has 1 aromatic rings. The van der Waals surface area contributed by atoms with Crippen molar-refractivity contribution < 1.29 is 0 Å². The van der Waals surface area contributed by atoms with Crippen molar-refractivity contribution in [2.75, 3.05) is 13.1 Å². The summed E-state index contributed by atoms with van der Waals surface area (Å²) in [5.41, 5.74) is 1.85. The molecule has 112 valence electrons. The quantitative estimate of drug-likeness (QED) is 0.915. The molecule has 4 nitrogen and oxygen atoms in total. The average Bonchev–Trinajstić information content (AvgIpc) is 3.17. The fourth-order valence-electron chi connectivity index (χ4n) is 3.34. The lowest BCUT2D eigenvalue weighted by molar-refractivity contribution is 0.0178. The van der Waals surface area contributed by atoms with Gasteiger partial charge >= 0.3 is 0 Å². The fourth-order valence-corrected chi connectivity index (χ4v) is 3.34. The monoisotopic (exact) mass is 276 g/mol. The molecular formula is C16H28N4. The number of rotatable bonds is 4. The second-order valence-electron chi connectivity index (χ2n) is 7.42. The van der Waals surface area contributed by atoms with Crippen LogP contribution in [0.15, 0.2) is 12.4 Å². The molecule has 0 bridgehead atoms. The van der Waals surface area contributed by atoms with Crippen molar-refractivity contribution in [3.63, 3.8) is 0 Å². The van der Waals surface area contributed by atoms with Crippen molar-refractivity contribution in [1.29, 1.82) is 0 Å². The molecule has 2 aliphatic rings. The number of hydrogen-bond donors (Lipinski definition) is 1. The van der Waals surface area contributed by atoms with Crippen molar-refractivity contribution in [2.45, 2.75) is 64.7 Å². The molecule has 1 N–H and O–H groups in total. The largest absolute Gasteiger partial charge is 0.308 e. The minimum atomic E-state index is 0.211. The number of aromatic nitrogens is 2. The highest BCUT2D eigenvalue weighted by Gasteiger charge is 2.48. The van der Waals surface area contributed by atoms with E-state index in [4.69, 9.17) is 0 Å². The zero-order valence-electron chi connectivity index (χ0n) is 13.3. The van der Waals surface area contributed by atoms with Crippen LogP contribution in [0.5, 0.6) is 0 Å². The molecule has 1 saturated carbocycles. The zero-order valence-corrected chi connectivity index (χ0v) is 13.3. The molecule has 1 aliphatic carbocycles. The topological polar surface area (TPSA) is 33.1 Å². The summed E-state index contributed by atoms with van der Waals surface area (Å²) in [6, 6.07) is 0. The third kappa shape index (κ3) is 2.63. The van der Waals surface area contributed by atoms with Gasteiger partial charge in [0.1, 0.15) is 0 Å². The van der Waals surface area contributed by atoms with Crippen LogP contribution < -0.4 is 5.32 Å². The van der Waals surface area contributed by atoms with Gasteiger partial charge in [-0.15, -0.1) is 0 Å². The molecule has 3 rings (SSSR count). The molecule has 1 atom stereocenters. The molecule has 0 radical (unpaired) electrons. The van der Waals surface area contributed by atoms with Gasteiger partial charge in [0, 0.05) is 49.0 Å². The average molecular weight is 276 g/mol. The van der Waals surface area contributed by atoms with Crippen molar-refractivity contribution in [3.8, 4) is 0 Å². The highest BCUT2D eigenvalue weighted by atomic mass is 15.3. The molecular weight excluding hydrogens is 248 g/mol. The van der Waals surface area contributed by atoms with Gasteiger partial charge in [0.2, 0.25) is 0 Å². The summed E-state index contributed by atoms with van der Waals surface area (Å²) in [4.78, 5) is 2.64. The fraction of sp³-hybridized carbons (Fsp3) is 0.812. The Hall–Kier alpha value is -0.870. The van der Waals surface area contributed by atoms with E-state index >= 15 is 0 Å². The molecule has 0 spiro atoms. The second-order valence-corrected chi connectivity index (χ2v) is 7.42. The zero-order chi connectivity index (χ0) is 14.4. The van der Waals surface area contributed by atoms with E-state index in [0.717, 1.165) is 32.1 Å². The normalized spacial score (nSPS) is 30.6. The van der Waals surface area contributed by atoms with E-state index in [-0.39, 0.29) is 5.54 Å². The Kier molecular flexibility index (Phi) is 3.41. The standard InChI is InChI=1S/C16H28N4/c1-5-20-10-13(8-18-20)9-19-12-16(4,14-6-7-14)17-11-15(19,2)3/h8,10,14,17H,5-7,9,11-12H2,1-4H3. The van der Waals surface area contributed by atoms with E-state index in [0.29, 0.717) is 5.54 Å². The van der Waals surface area contributed by atoms with Crippen LogP contribution in [0.1, 0.15) is 46.1 Å². The van der Waals surface area contributed by atoms with Crippen molar-refractivity contribution in [3.05, 3.63) is 18.0 Å². The van der Waals surface area contributed by atoms with E-state index in [1.54, 1.807) is 0 Å². The molecule has 2 fully saturated rings. The maximum Gasteiger partial charge on any atom is 0.0534 e. The van der Waals surface area contributed by atoms with Gasteiger partial charge in [0.05, 0.1) is 6.20 Å². The molecule has 1 aliphatic heterocycles. The lowest BCUT2D eigenvalue weighted by atomic mass is 9.86. The Morgan fingerprint density at radius 3 is 2.70 bits per heavy atom. The van der Waals surface area contributed by atoms with E-state index in [9.17, 15) is 0 Å². The maximum atomic E-state index is 4.41. The molecule has 1 saturated heterocycles. The predicted octanol–water partition coefficient (Wildman–Crippen LogP) is 2.26. The first-order chi connectivity index (χ1) is 9.43. The first-order valence-corrected chi connectivity index (χ1v) is 7.94. The van der Waals surface area contributed by atoms with Gasteiger partial charge in [-0.1, -0.05) is 0 Å². The van der Waals surface area contributed by atoms with Crippen LogP contribution in [0.3, 0.4) is 0 Å². The summed E-state index contributed by atoms with van der Waals surface area (Å²) >= 11 is 0. The third-order valence-electron chi connectivity index (χ3n) is 5.16. The first-order valence-electron chi connectivity index (χ1n) is 7.94. The molecule has 1 unspecified atom stereocenters. The maximum absolute atomic E-state index is 4.41. The Morgan fingerprint density at radius 2 is 2.10 bits per heavy atom. The summed E-state index contributed by atoms with van der Waals surface area (Å²) in [6.07, 6.45) is 7.00. The predicted molar refractivity (Wildman–Crippen MR) is 81.5 cm³/mol. The van der Waals surface area contributed by atoms with Gasteiger partial charge in [-0.25, -0.2) is 0 Å².